The molecule has 0 aliphatic carbocycles. The number of aromatic amines is 2. The monoisotopic (exact) mass is 870 g/mol. The largest absolute Gasteiger partial charge is 0.337 e. The Balaban J connectivity index is 1.09. The van der Waals surface area contributed by atoms with Crippen LogP contribution in [0.4, 0.5) is 0 Å². The molecule has 0 radical (unpaired) electrons. The average molecular weight is 871 g/mol. The molecule has 0 saturated heterocycles. The van der Waals surface area contributed by atoms with Gasteiger partial charge in [-0.05, 0) is 69.4 Å². The molecule has 0 bridgehead atoms. The number of benzene rings is 6. The highest BCUT2D eigenvalue weighted by molar-refractivity contribution is 14.1. The number of carbonyl (C=O) groups excluding carboxylic acids is 1. The van der Waals surface area contributed by atoms with Gasteiger partial charge in [0.15, 0.2) is 5.78 Å². The average Bonchev–Trinajstić information content (AvgIpc) is 3.82. The van der Waals surface area contributed by atoms with Gasteiger partial charge in [0.25, 0.3) is 0 Å². The van der Waals surface area contributed by atoms with Gasteiger partial charge in [-0.1, -0.05) is 133 Å². The van der Waals surface area contributed by atoms with E-state index in [1.165, 1.54) is 0 Å². The van der Waals surface area contributed by atoms with E-state index >= 15 is 0 Å². The van der Waals surface area contributed by atoms with Crippen molar-refractivity contribution in [2.75, 3.05) is 0 Å². The lowest BCUT2D eigenvalue weighted by Crippen LogP contribution is -2.01. The topological polar surface area (TPSA) is 74.4 Å². The van der Waals surface area contributed by atoms with Gasteiger partial charge >= 0.3 is 0 Å². The first-order valence-electron chi connectivity index (χ1n) is 16.1. The van der Waals surface area contributed by atoms with Gasteiger partial charge in [-0.3, -0.25) is 4.79 Å². The number of nitrogens with one attached hydrogen (secondary N) is 2. The molecule has 0 atom stereocenters. The first kappa shape index (κ1) is 32.1. The van der Waals surface area contributed by atoms with E-state index in [9.17, 15) is 4.79 Å². The molecule has 7 heteroatoms. The number of hydrogen-bond donors (Lipinski definition) is 2. The molecule has 2 aromatic heterocycles. The Morgan fingerprint density at radius 2 is 0.800 bits per heavy atom. The van der Waals surface area contributed by atoms with Crippen LogP contribution >= 0.6 is 45.2 Å². The molecule has 2 N–H and O–H groups in total. The van der Waals surface area contributed by atoms with E-state index in [2.05, 4.69) is 116 Å². The fraction of sp³-hybridized carbons (Fsp3) is 0. The fourth-order valence-corrected chi connectivity index (χ4v) is 7.15. The van der Waals surface area contributed by atoms with Crippen LogP contribution in [0.25, 0.3) is 67.8 Å². The second-order valence-corrected chi connectivity index (χ2v) is 14.3. The predicted octanol–water partition coefficient (Wildman–Crippen LogP) is 11.6. The number of imidazole rings is 2. The molecule has 0 aliphatic heterocycles. The Kier molecular flexibility index (Phi) is 8.99. The van der Waals surface area contributed by atoms with Crippen molar-refractivity contribution in [3.05, 3.63) is 176 Å². The summed E-state index contributed by atoms with van der Waals surface area (Å²) in [6.07, 6.45) is 0. The predicted molar refractivity (Wildman–Crippen MR) is 219 cm³/mol. The minimum absolute atomic E-state index is 0.0413. The summed E-state index contributed by atoms with van der Waals surface area (Å²) < 4.78 is 2.28. The lowest BCUT2D eigenvalue weighted by molar-refractivity contribution is 0.103. The maximum atomic E-state index is 13.7. The smallest absolute Gasteiger partial charge is 0.193 e. The van der Waals surface area contributed by atoms with Gasteiger partial charge in [-0.25, -0.2) is 9.97 Å². The molecule has 6 aromatic carbocycles. The molecule has 50 heavy (non-hydrogen) atoms. The second kappa shape index (κ2) is 14.0. The summed E-state index contributed by atoms with van der Waals surface area (Å²) >= 11 is 4.64. The van der Waals surface area contributed by atoms with Crippen molar-refractivity contribution < 1.29 is 4.79 Å². The zero-order chi connectivity index (χ0) is 34.0. The number of ketones is 1. The normalized spacial score (nSPS) is 11.1. The maximum Gasteiger partial charge on any atom is 0.193 e. The molecule has 5 nitrogen and oxygen atoms in total. The van der Waals surface area contributed by atoms with Gasteiger partial charge in [0, 0.05) is 51.6 Å². The lowest BCUT2D eigenvalue weighted by Gasteiger charge is -2.07. The zero-order valence-electron chi connectivity index (χ0n) is 26.6. The SMILES string of the molecule is O=C(c1ccc(-c2nc(-c3cccc(I)c3)[nH]c2-c2ccccc2)cc1)c1ccc(-c2[nH]c(-c3cccc(I)c3)nc2-c2ccccc2)cc1. The molecule has 0 unspecified atom stereocenters. The van der Waals surface area contributed by atoms with Crippen LogP contribution in [0.15, 0.2) is 158 Å². The number of rotatable bonds is 8. The molecule has 8 rings (SSSR count). The van der Waals surface area contributed by atoms with Crippen molar-refractivity contribution in [2.24, 2.45) is 0 Å². The van der Waals surface area contributed by atoms with Gasteiger partial charge < -0.3 is 9.97 Å². The molecule has 0 spiro atoms. The summed E-state index contributed by atoms with van der Waals surface area (Å²) in [5.41, 5.74) is 10.8. The molecule has 2 heterocycles. The third kappa shape index (κ3) is 6.58. The van der Waals surface area contributed by atoms with Crippen molar-refractivity contribution in [3.63, 3.8) is 0 Å². The van der Waals surface area contributed by atoms with E-state index < -0.39 is 0 Å². The Morgan fingerprint density at radius 3 is 1.26 bits per heavy atom. The Bertz CT molecular complexity index is 2280. The summed E-state index contributed by atoms with van der Waals surface area (Å²) in [5.74, 6) is 1.56. The van der Waals surface area contributed by atoms with Crippen molar-refractivity contribution in [3.8, 4) is 67.8 Å². The van der Waals surface area contributed by atoms with Crippen molar-refractivity contribution >= 4 is 51.0 Å². The third-order valence-corrected chi connectivity index (χ3v) is 9.91. The maximum absolute atomic E-state index is 13.7. The minimum Gasteiger partial charge on any atom is -0.337 e. The van der Waals surface area contributed by atoms with Crippen LogP contribution in [0, 0.1) is 7.14 Å². The highest BCUT2D eigenvalue weighted by Gasteiger charge is 2.19. The number of hydrogen-bond acceptors (Lipinski definition) is 3. The Labute approximate surface area is 317 Å². The highest BCUT2D eigenvalue weighted by atomic mass is 127. The summed E-state index contributed by atoms with van der Waals surface area (Å²) in [5, 5.41) is 0. The van der Waals surface area contributed by atoms with E-state index in [0.29, 0.717) is 11.1 Å². The molecule has 0 saturated carbocycles. The molecular formula is C43H28I2N4O. The van der Waals surface area contributed by atoms with Crippen LogP contribution in [0.3, 0.4) is 0 Å². The number of nitrogens with zero attached hydrogens (tertiary/aromatic N) is 2. The fourth-order valence-electron chi connectivity index (χ4n) is 6.06. The van der Waals surface area contributed by atoms with Crippen LogP contribution in [0.1, 0.15) is 15.9 Å². The van der Waals surface area contributed by atoms with Crippen molar-refractivity contribution in [1.29, 1.82) is 0 Å². The quantitative estimate of drug-likeness (QED) is 0.118. The van der Waals surface area contributed by atoms with Crippen LogP contribution in [-0.2, 0) is 0 Å². The van der Waals surface area contributed by atoms with Crippen molar-refractivity contribution in [2.45, 2.75) is 0 Å². The van der Waals surface area contributed by atoms with E-state index in [0.717, 1.165) is 74.9 Å². The second-order valence-electron chi connectivity index (χ2n) is 11.9. The zero-order valence-corrected chi connectivity index (χ0v) is 30.9. The summed E-state index contributed by atoms with van der Waals surface area (Å²) in [6, 6.07) is 52.4. The molecule has 0 fully saturated rings. The lowest BCUT2D eigenvalue weighted by atomic mass is 9.98. The minimum atomic E-state index is -0.0413. The number of halogens is 2. The molecule has 0 aliphatic rings. The van der Waals surface area contributed by atoms with Crippen LogP contribution in [-0.4, -0.2) is 25.7 Å². The number of aromatic nitrogens is 4. The van der Waals surface area contributed by atoms with Crippen LogP contribution in [0.5, 0.6) is 0 Å². The van der Waals surface area contributed by atoms with Gasteiger partial charge in [0.1, 0.15) is 11.6 Å². The van der Waals surface area contributed by atoms with Gasteiger partial charge in [0.2, 0.25) is 0 Å². The van der Waals surface area contributed by atoms with Gasteiger partial charge in [-0.2, -0.15) is 0 Å². The van der Waals surface area contributed by atoms with Gasteiger partial charge in [-0.15, -0.1) is 0 Å². The molecule has 240 valence electrons. The first-order chi connectivity index (χ1) is 24.5. The van der Waals surface area contributed by atoms with E-state index in [1.54, 1.807) is 0 Å². The number of H-pyrrole nitrogens is 2. The molecule has 8 aromatic rings. The standard InChI is InChI=1S/C43H28I2N4O/c44-35-15-7-13-33(25-35)42-46-37(27-9-3-1-4-10-27)39(48-42)29-17-21-31(22-18-29)41(50)32-23-19-30(20-24-32)40-38(28-11-5-2-6-12-28)47-43(49-40)34-14-8-16-36(45)26-34/h1-26H,(H,46,48)(H,47,49). The first-order valence-corrected chi connectivity index (χ1v) is 18.2. The molecule has 0 amide bonds. The highest BCUT2D eigenvalue weighted by Crippen LogP contribution is 2.35. The number of carbonyl (C=O) groups is 1. The third-order valence-electron chi connectivity index (χ3n) is 8.57. The summed E-state index contributed by atoms with van der Waals surface area (Å²) in [4.78, 5) is 30.9. The summed E-state index contributed by atoms with van der Waals surface area (Å²) in [7, 11) is 0. The van der Waals surface area contributed by atoms with Crippen LogP contribution in [0.2, 0.25) is 0 Å². The van der Waals surface area contributed by atoms with Crippen LogP contribution < -0.4 is 0 Å². The molecular weight excluding hydrogens is 842 g/mol. The van der Waals surface area contributed by atoms with Crippen molar-refractivity contribution in [1.82, 2.24) is 19.9 Å². The van der Waals surface area contributed by atoms with Gasteiger partial charge in [0.05, 0.1) is 22.8 Å². The van der Waals surface area contributed by atoms with E-state index in [4.69, 9.17) is 9.97 Å². The Hall–Kier alpha value is -5.13. The van der Waals surface area contributed by atoms with E-state index in [1.807, 2.05) is 97.1 Å². The summed E-state index contributed by atoms with van der Waals surface area (Å²) in [6.45, 7) is 0. The Morgan fingerprint density at radius 1 is 0.420 bits per heavy atom. The van der Waals surface area contributed by atoms with E-state index in [-0.39, 0.29) is 5.78 Å².